The van der Waals surface area contributed by atoms with Crippen molar-refractivity contribution in [2.45, 2.75) is 6.04 Å². The SMILES string of the molecule is CN(CC(Nc1ncc(C#N)cn1)c1ccc(F)cc1F)S(C)(=O)=O. The molecule has 0 aliphatic carbocycles. The van der Waals surface area contributed by atoms with Crippen LogP contribution >= 0.6 is 0 Å². The topological polar surface area (TPSA) is 99.0 Å². The Kier molecular flexibility index (Phi) is 5.61. The Balaban J connectivity index is 2.35. The van der Waals surface area contributed by atoms with Gasteiger partial charge in [0.1, 0.15) is 17.7 Å². The number of aromatic nitrogens is 2. The molecular formula is C15H15F2N5O2S. The molecule has 0 radical (unpaired) electrons. The monoisotopic (exact) mass is 367 g/mol. The van der Waals surface area contributed by atoms with Crippen LogP contribution in [0.2, 0.25) is 0 Å². The summed E-state index contributed by atoms with van der Waals surface area (Å²) >= 11 is 0. The second-order valence-electron chi connectivity index (χ2n) is 5.31. The average Bonchev–Trinajstić information content (AvgIpc) is 2.54. The summed E-state index contributed by atoms with van der Waals surface area (Å²) in [4.78, 5) is 7.84. The zero-order valence-electron chi connectivity index (χ0n) is 13.4. The second kappa shape index (κ2) is 7.50. The van der Waals surface area contributed by atoms with E-state index in [1.807, 2.05) is 6.07 Å². The van der Waals surface area contributed by atoms with Crippen molar-refractivity contribution >= 4 is 16.0 Å². The number of nitrogens with zero attached hydrogens (tertiary/aromatic N) is 4. The number of benzene rings is 1. The molecule has 0 aliphatic rings. The van der Waals surface area contributed by atoms with Gasteiger partial charge in [-0.25, -0.2) is 31.5 Å². The van der Waals surface area contributed by atoms with Crippen LogP contribution in [-0.4, -0.2) is 42.5 Å². The standard InChI is InChI=1S/C15H15F2N5O2S/c1-22(25(2,23)24)9-14(12-4-3-11(16)5-13(12)17)21-15-19-7-10(6-18)8-20-15/h3-5,7-8,14H,9H2,1-2H3,(H,19,20,21). The van der Waals surface area contributed by atoms with Crippen molar-refractivity contribution in [2.75, 3.05) is 25.2 Å². The first-order chi connectivity index (χ1) is 11.7. The summed E-state index contributed by atoms with van der Waals surface area (Å²) in [5.74, 6) is -1.49. The molecule has 0 amide bonds. The van der Waals surface area contributed by atoms with Gasteiger partial charge in [-0.15, -0.1) is 0 Å². The molecule has 1 atom stereocenters. The Morgan fingerprint density at radius 3 is 2.48 bits per heavy atom. The predicted octanol–water partition coefficient (Wildman–Crippen LogP) is 1.67. The zero-order chi connectivity index (χ0) is 18.6. The highest BCUT2D eigenvalue weighted by atomic mass is 32.2. The largest absolute Gasteiger partial charge is 0.346 e. The third kappa shape index (κ3) is 4.91. The van der Waals surface area contributed by atoms with E-state index in [0.717, 1.165) is 16.6 Å². The summed E-state index contributed by atoms with van der Waals surface area (Å²) in [5.41, 5.74) is 0.299. The Morgan fingerprint density at radius 1 is 1.32 bits per heavy atom. The van der Waals surface area contributed by atoms with Gasteiger partial charge in [-0.3, -0.25) is 0 Å². The number of anilines is 1. The molecule has 1 aromatic heterocycles. The van der Waals surface area contributed by atoms with Crippen LogP contribution < -0.4 is 5.32 Å². The maximum Gasteiger partial charge on any atom is 0.223 e. The minimum atomic E-state index is -3.52. The Morgan fingerprint density at radius 2 is 1.96 bits per heavy atom. The van der Waals surface area contributed by atoms with Gasteiger partial charge in [0, 0.05) is 25.2 Å². The molecule has 1 aromatic carbocycles. The average molecular weight is 367 g/mol. The third-order valence-corrected chi connectivity index (χ3v) is 4.71. The van der Waals surface area contributed by atoms with Gasteiger partial charge in [0.25, 0.3) is 0 Å². The van der Waals surface area contributed by atoms with Crippen LogP contribution in [0.25, 0.3) is 0 Å². The third-order valence-electron chi connectivity index (χ3n) is 3.43. The van der Waals surface area contributed by atoms with E-state index in [1.165, 1.54) is 25.5 Å². The van der Waals surface area contributed by atoms with Crippen LogP contribution in [0, 0.1) is 23.0 Å². The lowest BCUT2D eigenvalue weighted by Gasteiger charge is -2.24. The highest BCUT2D eigenvalue weighted by Gasteiger charge is 2.23. The summed E-state index contributed by atoms with van der Waals surface area (Å²) in [6.45, 7) is -0.134. The van der Waals surface area contributed by atoms with Gasteiger partial charge in [-0.05, 0) is 6.07 Å². The van der Waals surface area contributed by atoms with E-state index in [9.17, 15) is 17.2 Å². The van der Waals surface area contributed by atoms with E-state index < -0.39 is 27.7 Å². The molecule has 0 bridgehead atoms. The highest BCUT2D eigenvalue weighted by molar-refractivity contribution is 7.88. The molecule has 0 aliphatic heterocycles. The Hall–Kier alpha value is -2.64. The van der Waals surface area contributed by atoms with Crippen LogP contribution in [0.1, 0.15) is 17.2 Å². The zero-order valence-corrected chi connectivity index (χ0v) is 14.3. The predicted molar refractivity (Wildman–Crippen MR) is 86.9 cm³/mol. The lowest BCUT2D eigenvalue weighted by atomic mass is 10.1. The van der Waals surface area contributed by atoms with Crippen LogP contribution in [0.5, 0.6) is 0 Å². The number of halogens is 2. The minimum absolute atomic E-state index is 0.0601. The summed E-state index contributed by atoms with van der Waals surface area (Å²) in [6, 6.07) is 4.01. The quantitative estimate of drug-likeness (QED) is 0.834. The molecule has 2 aromatic rings. The maximum atomic E-state index is 14.1. The molecule has 132 valence electrons. The van der Waals surface area contributed by atoms with E-state index in [2.05, 4.69) is 15.3 Å². The van der Waals surface area contributed by atoms with Crippen LogP contribution in [0.15, 0.2) is 30.6 Å². The van der Waals surface area contributed by atoms with Gasteiger partial charge < -0.3 is 5.32 Å². The van der Waals surface area contributed by atoms with Crippen molar-refractivity contribution in [3.8, 4) is 6.07 Å². The van der Waals surface area contributed by atoms with Crippen LogP contribution in [0.3, 0.4) is 0 Å². The molecule has 25 heavy (non-hydrogen) atoms. The second-order valence-corrected chi connectivity index (χ2v) is 7.40. The summed E-state index contributed by atoms with van der Waals surface area (Å²) in [5, 5.41) is 11.6. The fourth-order valence-corrected chi connectivity index (χ4v) is 2.43. The van der Waals surface area contributed by atoms with Crippen LogP contribution in [-0.2, 0) is 10.0 Å². The van der Waals surface area contributed by atoms with Crippen molar-refractivity contribution in [2.24, 2.45) is 0 Å². The van der Waals surface area contributed by atoms with Crippen molar-refractivity contribution in [3.05, 3.63) is 53.4 Å². The first-order valence-corrected chi connectivity index (χ1v) is 8.90. The molecule has 0 spiro atoms. The first-order valence-electron chi connectivity index (χ1n) is 7.05. The maximum absolute atomic E-state index is 14.1. The van der Waals surface area contributed by atoms with E-state index in [1.54, 1.807) is 0 Å². The molecule has 0 saturated carbocycles. The van der Waals surface area contributed by atoms with Crippen LogP contribution in [0.4, 0.5) is 14.7 Å². The normalized spacial score (nSPS) is 12.6. The van der Waals surface area contributed by atoms with E-state index in [-0.39, 0.29) is 23.6 Å². The van der Waals surface area contributed by atoms with Gasteiger partial charge in [-0.2, -0.15) is 5.26 Å². The Labute approximate surface area is 144 Å². The highest BCUT2D eigenvalue weighted by Crippen LogP contribution is 2.23. The number of sulfonamides is 1. The van der Waals surface area contributed by atoms with E-state index in [0.29, 0.717) is 6.07 Å². The van der Waals surface area contributed by atoms with Gasteiger partial charge in [-0.1, -0.05) is 6.07 Å². The van der Waals surface area contributed by atoms with E-state index >= 15 is 0 Å². The molecule has 0 fully saturated rings. The molecular weight excluding hydrogens is 352 g/mol. The molecule has 10 heteroatoms. The van der Waals surface area contributed by atoms with Crippen molar-refractivity contribution < 1.29 is 17.2 Å². The van der Waals surface area contributed by atoms with Gasteiger partial charge in [0.05, 0.1) is 30.3 Å². The lowest BCUT2D eigenvalue weighted by Crippen LogP contribution is -2.33. The number of nitrogens with one attached hydrogen (secondary N) is 1. The minimum Gasteiger partial charge on any atom is -0.346 e. The van der Waals surface area contributed by atoms with Crippen molar-refractivity contribution in [1.82, 2.24) is 14.3 Å². The van der Waals surface area contributed by atoms with Gasteiger partial charge in [0.15, 0.2) is 0 Å². The smallest absolute Gasteiger partial charge is 0.223 e. The van der Waals surface area contributed by atoms with Crippen molar-refractivity contribution in [1.29, 1.82) is 5.26 Å². The van der Waals surface area contributed by atoms with Gasteiger partial charge in [0.2, 0.25) is 16.0 Å². The van der Waals surface area contributed by atoms with E-state index in [4.69, 9.17) is 5.26 Å². The molecule has 7 nitrogen and oxygen atoms in total. The van der Waals surface area contributed by atoms with Crippen molar-refractivity contribution in [3.63, 3.8) is 0 Å². The Bertz CT molecular complexity index is 897. The fourth-order valence-electron chi connectivity index (χ4n) is 2.01. The molecule has 2 rings (SSSR count). The number of likely N-dealkylation sites (N-methyl/N-ethyl adjacent to an activating group) is 1. The fraction of sp³-hybridized carbons (Fsp3) is 0.267. The molecule has 0 saturated heterocycles. The molecule has 1 heterocycles. The number of hydrogen-bond acceptors (Lipinski definition) is 6. The summed E-state index contributed by atoms with van der Waals surface area (Å²) < 4.78 is 51.6. The number of rotatable bonds is 6. The summed E-state index contributed by atoms with van der Waals surface area (Å²) in [7, 11) is -2.18. The number of nitriles is 1. The first kappa shape index (κ1) is 18.7. The summed E-state index contributed by atoms with van der Waals surface area (Å²) in [6.07, 6.45) is 3.56. The van der Waals surface area contributed by atoms with Gasteiger partial charge >= 0.3 is 0 Å². The number of hydrogen-bond donors (Lipinski definition) is 1. The lowest BCUT2D eigenvalue weighted by molar-refractivity contribution is 0.445. The molecule has 1 unspecified atom stereocenters. The molecule has 1 N–H and O–H groups in total.